The first-order valence-corrected chi connectivity index (χ1v) is 8.51. The SMILES string of the molecule is CCCNCc1cccc(SCC=Cc2ccccc2)c1. The van der Waals surface area contributed by atoms with Crippen LogP contribution in [0.15, 0.2) is 65.6 Å². The molecule has 0 fully saturated rings. The van der Waals surface area contributed by atoms with Crippen LogP contribution in [0.25, 0.3) is 6.08 Å². The second-order valence-electron chi connectivity index (χ2n) is 4.95. The molecule has 2 aromatic carbocycles. The van der Waals surface area contributed by atoms with Crippen molar-refractivity contribution in [1.82, 2.24) is 5.32 Å². The molecule has 2 rings (SSSR count). The highest BCUT2D eigenvalue weighted by Gasteiger charge is 1.96. The van der Waals surface area contributed by atoms with E-state index < -0.39 is 0 Å². The summed E-state index contributed by atoms with van der Waals surface area (Å²) < 4.78 is 0. The van der Waals surface area contributed by atoms with E-state index >= 15 is 0 Å². The van der Waals surface area contributed by atoms with Crippen LogP contribution in [0.5, 0.6) is 0 Å². The van der Waals surface area contributed by atoms with Gasteiger partial charge >= 0.3 is 0 Å². The average Bonchev–Trinajstić information content (AvgIpc) is 2.53. The molecule has 2 aromatic rings. The Morgan fingerprint density at radius 2 is 1.90 bits per heavy atom. The second-order valence-corrected chi connectivity index (χ2v) is 6.04. The lowest BCUT2D eigenvalue weighted by Gasteiger charge is -2.05. The Kier molecular flexibility index (Phi) is 7.13. The number of hydrogen-bond donors (Lipinski definition) is 1. The predicted octanol–water partition coefficient (Wildman–Crippen LogP) is 4.99. The zero-order valence-corrected chi connectivity index (χ0v) is 13.4. The Hall–Kier alpha value is -1.51. The number of thioether (sulfide) groups is 1. The summed E-state index contributed by atoms with van der Waals surface area (Å²) in [7, 11) is 0. The van der Waals surface area contributed by atoms with E-state index in [1.165, 1.54) is 22.4 Å². The third kappa shape index (κ3) is 6.19. The van der Waals surface area contributed by atoms with E-state index in [4.69, 9.17) is 0 Å². The second kappa shape index (κ2) is 9.43. The molecule has 0 atom stereocenters. The molecule has 21 heavy (non-hydrogen) atoms. The first-order chi connectivity index (χ1) is 10.4. The Labute approximate surface area is 132 Å². The highest BCUT2D eigenvalue weighted by molar-refractivity contribution is 7.99. The summed E-state index contributed by atoms with van der Waals surface area (Å²) in [4.78, 5) is 1.34. The van der Waals surface area contributed by atoms with Gasteiger partial charge in [-0.05, 0) is 36.2 Å². The Morgan fingerprint density at radius 3 is 2.71 bits per heavy atom. The summed E-state index contributed by atoms with van der Waals surface area (Å²) in [5.74, 6) is 1.00. The lowest BCUT2D eigenvalue weighted by atomic mass is 10.2. The van der Waals surface area contributed by atoms with Gasteiger partial charge in [-0.2, -0.15) is 0 Å². The maximum Gasteiger partial charge on any atom is 0.0205 e. The Bertz CT molecular complexity index is 549. The normalized spacial score (nSPS) is 11.1. The number of rotatable bonds is 8. The standard InChI is InChI=1S/C19H23NS/c1-2-13-20-16-18-10-6-12-19(15-18)21-14-7-11-17-8-4-3-5-9-17/h3-12,15,20H,2,13-14,16H2,1H3. The fourth-order valence-electron chi connectivity index (χ4n) is 2.05. The summed E-state index contributed by atoms with van der Waals surface area (Å²) >= 11 is 1.88. The van der Waals surface area contributed by atoms with Crippen molar-refractivity contribution in [2.45, 2.75) is 24.8 Å². The molecule has 0 aliphatic carbocycles. The maximum atomic E-state index is 3.44. The molecule has 0 aromatic heterocycles. The van der Waals surface area contributed by atoms with E-state index in [1.54, 1.807) is 0 Å². The number of nitrogens with one attached hydrogen (secondary N) is 1. The number of benzene rings is 2. The van der Waals surface area contributed by atoms with Crippen molar-refractivity contribution in [3.63, 3.8) is 0 Å². The van der Waals surface area contributed by atoms with Crippen LogP contribution in [0.1, 0.15) is 24.5 Å². The molecule has 2 heteroatoms. The lowest BCUT2D eigenvalue weighted by molar-refractivity contribution is 0.674. The molecule has 0 bridgehead atoms. The van der Waals surface area contributed by atoms with E-state index in [0.717, 1.165) is 18.8 Å². The average molecular weight is 297 g/mol. The zero-order valence-electron chi connectivity index (χ0n) is 12.6. The van der Waals surface area contributed by atoms with E-state index in [9.17, 15) is 0 Å². The largest absolute Gasteiger partial charge is 0.313 e. The van der Waals surface area contributed by atoms with Crippen LogP contribution < -0.4 is 5.32 Å². The van der Waals surface area contributed by atoms with Crippen LogP contribution in [-0.2, 0) is 6.54 Å². The van der Waals surface area contributed by atoms with Gasteiger partial charge in [-0.3, -0.25) is 0 Å². The third-order valence-electron chi connectivity index (χ3n) is 3.11. The molecule has 0 aliphatic rings. The highest BCUT2D eigenvalue weighted by atomic mass is 32.2. The smallest absolute Gasteiger partial charge is 0.0205 e. The summed E-state index contributed by atoms with van der Waals surface area (Å²) in [5.41, 5.74) is 2.62. The van der Waals surface area contributed by atoms with Gasteiger partial charge in [0, 0.05) is 17.2 Å². The molecule has 110 valence electrons. The van der Waals surface area contributed by atoms with Gasteiger partial charge in [0.05, 0.1) is 0 Å². The van der Waals surface area contributed by atoms with Gasteiger partial charge in [-0.15, -0.1) is 11.8 Å². The minimum absolute atomic E-state index is 0.960. The van der Waals surface area contributed by atoms with Crippen LogP contribution in [0.4, 0.5) is 0 Å². The predicted molar refractivity (Wildman–Crippen MR) is 94.6 cm³/mol. The first-order valence-electron chi connectivity index (χ1n) is 7.52. The molecule has 0 saturated heterocycles. The molecule has 0 amide bonds. The van der Waals surface area contributed by atoms with E-state index in [1.807, 2.05) is 17.8 Å². The quantitative estimate of drug-likeness (QED) is 0.544. The summed E-state index contributed by atoms with van der Waals surface area (Å²) in [6, 6.07) is 19.2. The Balaban J connectivity index is 1.80. The van der Waals surface area contributed by atoms with Gasteiger partial charge in [0.1, 0.15) is 0 Å². The summed E-state index contributed by atoms with van der Waals surface area (Å²) in [6.45, 7) is 4.23. The van der Waals surface area contributed by atoms with Gasteiger partial charge in [-0.25, -0.2) is 0 Å². The molecule has 0 aliphatic heterocycles. The van der Waals surface area contributed by atoms with Gasteiger partial charge in [0.2, 0.25) is 0 Å². The third-order valence-corrected chi connectivity index (χ3v) is 4.06. The van der Waals surface area contributed by atoms with Crippen molar-refractivity contribution in [3.8, 4) is 0 Å². The lowest BCUT2D eigenvalue weighted by Crippen LogP contribution is -2.13. The van der Waals surface area contributed by atoms with Gasteiger partial charge in [0.25, 0.3) is 0 Å². The fourth-order valence-corrected chi connectivity index (χ4v) is 2.84. The molecule has 0 heterocycles. The molecular weight excluding hydrogens is 274 g/mol. The van der Waals surface area contributed by atoms with Crippen LogP contribution in [-0.4, -0.2) is 12.3 Å². The van der Waals surface area contributed by atoms with Crippen LogP contribution in [0, 0.1) is 0 Å². The van der Waals surface area contributed by atoms with Crippen molar-refractivity contribution < 1.29 is 0 Å². The molecule has 0 saturated carbocycles. The van der Waals surface area contributed by atoms with Crippen molar-refractivity contribution >= 4 is 17.8 Å². The monoisotopic (exact) mass is 297 g/mol. The van der Waals surface area contributed by atoms with E-state index in [2.05, 4.69) is 72.9 Å². The fraction of sp³-hybridized carbons (Fsp3) is 0.263. The first kappa shape index (κ1) is 15.9. The van der Waals surface area contributed by atoms with Crippen molar-refractivity contribution in [2.75, 3.05) is 12.3 Å². The number of hydrogen-bond acceptors (Lipinski definition) is 2. The molecule has 1 nitrogen and oxygen atoms in total. The topological polar surface area (TPSA) is 12.0 Å². The molecule has 1 N–H and O–H groups in total. The molecular formula is C19H23NS. The minimum atomic E-state index is 0.960. The van der Waals surface area contributed by atoms with Gasteiger partial charge < -0.3 is 5.32 Å². The van der Waals surface area contributed by atoms with Gasteiger partial charge in [-0.1, -0.05) is 61.5 Å². The molecule has 0 unspecified atom stereocenters. The van der Waals surface area contributed by atoms with Crippen LogP contribution in [0.2, 0.25) is 0 Å². The van der Waals surface area contributed by atoms with Crippen LogP contribution >= 0.6 is 11.8 Å². The summed E-state index contributed by atoms with van der Waals surface area (Å²) in [5, 5.41) is 3.44. The zero-order chi connectivity index (χ0) is 14.8. The minimum Gasteiger partial charge on any atom is -0.313 e. The molecule has 0 spiro atoms. The van der Waals surface area contributed by atoms with E-state index in [0.29, 0.717) is 0 Å². The molecule has 0 radical (unpaired) electrons. The van der Waals surface area contributed by atoms with Crippen LogP contribution in [0.3, 0.4) is 0 Å². The summed E-state index contributed by atoms with van der Waals surface area (Å²) in [6.07, 6.45) is 5.58. The maximum absolute atomic E-state index is 3.44. The van der Waals surface area contributed by atoms with Crippen molar-refractivity contribution in [1.29, 1.82) is 0 Å². The van der Waals surface area contributed by atoms with E-state index in [-0.39, 0.29) is 0 Å². The van der Waals surface area contributed by atoms with Gasteiger partial charge in [0.15, 0.2) is 0 Å². The Morgan fingerprint density at radius 1 is 1.05 bits per heavy atom. The highest BCUT2D eigenvalue weighted by Crippen LogP contribution is 2.19. The van der Waals surface area contributed by atoms with Crippen molar-refractivity contribution in [2.24, 2.45) is 0 Å². The van der Waals surface area contributed by atoms with Crippen molar-refractivity contribution in [3.05, 3.63) is 71.8 Å².